The van der Waals surface area contributed by atoms with E-state index in [1.165, 1.54) is 6.07 Å². The van der Waals surface area contributed by atoms with Gasteiger partial charge in [-0.1, -0.05) is 12.1 Å². The first-order chi connectivity index (χ1) is 8.70. The highest BCUT2D eigenvalue weighted by molar-refractivity contribution is 5.51. The molecule has 0 aliphatic rings. The number of phenolic OH excluding ortho intramolecular Hbond substituents is 1. The van der Waals surface area contributed by atoms with Gasteiger partial charge in [0.1, 0.15) is 12.4 Å². The molecular formula is C14H15NO3. The van der Waals surface area contributed by atoms with Crippen LogP contribution in [0.25, 0.3) is 0 Å². The predicted octanol–water partition coefficient (Wildman–Crippen LogP) is 2.56. The van der Waals surface area contributed by atoms with E-state index in [-0.39, 0.29) is 5.75 Å². The number of methoxy groups -OCH3 is 1. The molecule has 0 saturated heterocycles. The Balaban J connectivity index is 2.11. The number of hydrogen-bond donors (Lipinski definition) is 2. The summed E-state index contributed by atoms with van der Waals surface area (Å²) in [7, 11) is 1.59. The summed E-state index contributed by atoms with van der Waals surface area (Å²) in [4.78, 5) is 0. The summed E-state index contributed by atoms with van der Waals surface area (Å²) < 4.78 is 10.8. The van der Waals surface area contributed by atoms with Gasteiger partial charge in [0.25, 0.3) is 0 Å². The van der Waals surface area contributed by atoms with Gasteiger partial charge in [0.2, 0.25) is 0 Å². The molecule has 3 N–H and O–H groups in total. The molecule has 0 saturated carbocycles. The molecule has 0 atom stereocenters. The molecule has 94 valence electrons. The zero-order valence-corrected chi connectivity index (χ0v) is 10.1. The van der Waals surface area contributed by atoms with Crippen molar-refractivity contribution in [1.82, 2.24) is 0 Å². The summed E-state index contributed by atoms with van der Waals surface area (Å²) in [6.07, 6.45) is 0. The number of ether oxygens (including phenoxy) is 2. The molecule has 4 heteroatoms. The van der Waals surface area contributed by atoms with Crippen LogP contribution in [-0.4, -0.2) is 12.2 Å². The molecule has 2 aromatic carbocycles. The van der Waals surface area contributed by atoms with Gasteiger partial charge in [-0.15, -0.1) is 0 Å². The van der Waals surface area contributed by atoms with Crippen molar-refractivity contribution >= 4 is 5.69 Å². The van der Waals surface area contributed by atoms with Crippen molar-refractivity contribution in [2.45, 2.75) is 6.61 Å². The van der Waals surface area contributed by atoms with Gasteiger partial charge in [0.05, 0.1) is 7.11 Å². The third-order valence-corrected chi connectivity index (χ3v) is 2.58. The average Bonchev–Trinajstić information content (AvgIpc) is 2.38. The Morgan fingerprint density at radius 2 is 1.83 bits per heavy atom. The lowest BCUT2D eigenvalue weighted by atomic mass is 10.2. The van der Waals surface area contributed by atoms with Crippen LogP contribution < -0.4 is 15.2 Å². The predicted molar refractivity (Wildman–Crippen MR) is 69.8 cm³/mol. The number of nitrogen functional groups attached to an aromatic ring is 1. The molecule has 0 aliphatic carbocycles. The topological polar surface area (TPSA) is 64.7 Å². The molecular weight excluding hydrogens is 230 g/mol. The minimum Gasteiger partial charge on any atom is -0.508 e. The zero-order chi connectivity index (χ0) is 13.0. The third kappa shape index (κ3) is 2.66. The zero-order valence-electron chi connectivity index (χ0n) is 10.1. The van der Waals surface area contributed by atoms with E-state index in [1.807, 2.05) is 24.3 Å². The van der Waals surface area contributed by atoms with Gasteiger partial charge in [0, 0.05) is 17.3 Å². The Labute approximate surface area is 106 Å². The highest BCUT2D eigenvalue weighted by Gasteiger charge is 2.05. The fourth-order valence-corrected chi connectivity index (χ4v) is 1.61. The molecule has 2 aromatic rings. The SMILES string of the molecule is COc1ccccc1OCc1ccc(O)cc1N. The normalized spacial score (nSPS) is 10.1. The van der Waals surface area contributed by atoms with E-state index in [1.54, 1.807) is 19.2 Å². The summed E-state index contributed by atoms with van der Waals surface area (Å²) in [6, 6.07) is 12.2. The molecule has 0 aromatic heterocycles. The number of aromatic hydroxyl groups is 1. The van der Waals surface area contributed by atoms with Gasteiger partial charge in [0.15, 0.2) is 11.5 Å². The molecule has 0 aliphatic heterocycles. The van der Waals surface area contributed by atoms with Crippen LogP contribution in [0.1, 0.15) is 5.56 Å². The fraction of sp³-hybridized carbons (Fsp3) is 0.143. The van der Waals surface area contributed by atoms with E-state index in [0.717, 1.165) is 5.56 Å². The average molecular weight is 245 g/mol. The molecule has 4 nitrogen and oxygen atoms in total. The standard InChI is InChI=1S/C14H15NO3/c1-17-13-4-2-3-5-14(13)18-9-10-6-7-11(16)8-12(10)15/h2-8,16H,9,15H2,1H3. The maximum Gasteiger partial charge on any atom is 0.161 e. The summed E-state index contributed by atoms with van der Waals surface area (Å²) in [5.41, 5.74) is 7.11. The Kier molecular flexibility index (Phi) is 3.57. The molecule has 18 heavy (non-hydrogen) atoms. The lowest BCUT2D eigenvalue weighted by Gasteiger charge is -2.11. The van der Waals surface area contributed by atoms with Gasteiger partial charge in [-0.25, -0.2) is 0 Å². The fourth-order valence-electron chi connectivity index (χ4n) is 1.61. The third-order valence-electron chi connectivity index (χ3n) is 2.58. The first-order valence-corrected chi connectivity index (χ1v) is 5.54. The van der Waals surface area contributed by atoms with Crippen LogP contribution >= 0.6 is 0 Å². The number of nitrogens with two attached hydrogens (primary N) is 1. The van der Waals surface area contributed by atoms with Crippen molar-refractivity contribution in [3.63, 3.8) is 0 Å². The smallest absolute Gasteiger partial charge is 0.161 e. The van der Waals surface area contributed by atoms with Crippen LogP contribution in [0, 0.1) is 0 Å². The molecule has 0 spiro atoms. The lowest BCUT2D eigenvalue weighted by Crippen LogP contribution is -2.01. The minimum atomic E-state index is 0.147. The van der Waals surface area contributed by atoms with Crippen LogP contribution in [0.5, 0.6) is 17.2 Å². The van der Waals surface area contributed by atoms with Gasteiger partial charge in [-0.05, 0) is 24.3 Å². The lowest BCUT2D eigenvalue weighted by molar-refractivity contribution is 0.285. The van der Waals surface area contributed by atoms with Crippen molar-refractivity contribution in [2.24, 2.45) is 0 Å². The number of phenols is 1. The Hall–Kier alpha value is -2.36. The first kappa shape index (κ1) is 12.1. The van der Waals surface area contributed by atoms with Crippen LogP contribution in [0.15, 0.2) is 42.5 Å². The number of benzene rings is 2. The summed E-state index contributed by atoms with van der Waals surface area (Å²) in [5, 5.41) is 9.26. The van der Waals surface area contributed by atoms with Crippen molar-refractivity contribution in [1.29, 1.82) is 0 Å². The highest BCUT2D eigenvalue weighted by Crippen LogP contribution is 2.27. The summed E-state index contributed by atoms with van der Waals surface area (Å²) in [5.74, 6) is 1.48. The van der Waals surface area contributed by atoms with E-state index in [0.29, 0.717) is 23.8 Å². The van der Waals surface area contributed by atoms with E-state index in [2.05, 4.69) is 0 Å². The number of rotatable bonds is 4. The van der Waals surface area contributed by atoms with Gasteiger partial charge in [-0.2, -0.15) is 0 Å². The molecule has 0 fully saturated rings. The number of hydrogen-bond acceptors (Lipinski definition) is 4. The van der Waals surface area contributed by atoms with Crippen LogP contribution in [-0.2, 0) is 6.61 Å². The summed E-state index contributed by atoms with van der Waals surface area (Å²) >= 11 is 0. The maximum atomic E-state index is 9.26. The van der Waals surface area contributed by atoms with E-state index in [9.17, 15) is 5.11 Å². The van der Waals surface area contributed by atoms with E-state index < -0.39 is 0 Å². The second-order valence-electron chi connectivity index (χ2n) is 3.82. The van der Waals surface area contributed by atoms with Crippen LogP contribution in [0.4, 0.5) is 5.69 Å². The van der Waals surface area contributed by atoms with Gasteiger partial charge < -0.3 is 20.3 Å². The Morgan fingerprint density at radius 3 is 2.50 bits per heavy atom. The molecule has 2 rings (SSSR count). The summed E-state index contributed by atoms with van der Waals surface area (Å²) in [6.45, 7) is 0.326. The van der Waals surface area contributed by atoms with E-state index in [4.69, 9.17) is 15.2 Å². The highest BCUT2D eigenvalue weighted by atomic mass is 16.5. The van der Waals surface area contributed by atoms with E-state index >= 15 is 0 Å². The van der Waals surface area contributed by atoms with Gasteiger partial charge in [-0.3, -0.25) is 0 Å². The van der Waals surface area contributed by atoms with Crippen molar-refractivity contribution in [3.8, 4) is 17.2 Å². The Morgan fingerprint density at radius 1 is 1.11 bits per heavy atom. The van der Waals surface area contributed by atoms with Crippen molar-refractivity contribution in [3.05, 3.63) is 48.0 Å². The van der Waals surface area contributed by atoms with Crippen molar-refractivity contribution < 1.29 is 14.6 Å². The Bertz CT molecular complexity index is 540. The van der Waals surface area contributed by atoms with Crippen molar-refractivity contribution in [2.75, 3.05) is 12.8 Å². The van der Waals surface area contributed by atoms with Crippen LogP contribution in [0.3, 0.4) is 0 Å². The van der Waals surface area contributed by atoms with Gasteiger partial charge >= 0.3 is 0 Å². The molecule has 0 heterocycles. The second-order valence-corrected chi connectivity index (χ2v) is 3.82. The molecule has 0 unspecified atom stereocenters. The molecule has 0 bridgehead atoms. The largest absolute Gasteiger partial charge is 0.508 e. The first-order valence-electron chi connectivity index (χ1n) is 5.54. The number of anilines is 1. The molecule has 0 amide bonds. The minimum absolute atomic E-state index is 0.147. The number of para-hydroxylation sites is 2. The maximum absolute atomic E-state index is 9.26. The monoisotopic (exact) mass is 245 g/mol. The quantitative estimate of drug-likeness (QED) is 0.812. The van der Waals surface area contributed by atoms with Crippen LogP contribution in [0.2, 0.25) is 0 Å². The molecule has 0 radical (unpaired) electrons. The second kappa shape index (κ2) is 5.31.